The molecule has 0 fully saturated rings. The van der Waals surface area contributed by atoms with Crippen LogP contribution in [0.2, 0.25) is 0 Å². The molecule has 0 radical (unpaired) electrons. The van der Waals surface area contributed by atoms with E-state index in [1.165, 1.54) is 0 Å². The summed E-state index contributed by atoms with van der Waals surface area (Å²) in [6, 6.07) is -1.28. The lowest BCUT2D eigenvalue weighted by molar-refractivity contribution is -0.139. The van der Waals surface area contributed by atoms with Crippen LogP contribution in [0.5, 0.6) is 0 Å². The fraction of sp³-hybridized carbons (Fsp3) is 0.583. The number of imidazole rings is 1. The van der Waals surface area contributed by atoms with Crippen LogP contribution >= 0.6 is 0 Å². The van der Waals surface area contributed by atoms with Crippen LogP contribution in [-0.2, 0) is 11.3 Å². The van der Waals surface area contributed by atoms with Gasteiger partial charge in [-0.3, -0.25) is 0 Å². The molecule has 106 valence electrons. The van der Waals surface area contributed by atoms with Crippen molar-refractivity contribution in [3.05, 3.63) is 18.7 Å². The van der Waals surface area contributed by atoms with E-state index in [0.717, 1.165) is 12.8 Å². The van der Waals surface area contributed by atoms with E-state index in [4.69, 9.17) is 5.11 Å². The van der Waals surface area contributed by atoms with Crippen molar-refractivity contribution in [1.29, 1.82) is 0 Å². The molecule has 19 heavy (non-hydrogen) atoms. The van der Waals surface area contributed by atoms with Crippen LogP contribution in [0.4, 0.5) is 4.79 Å². The van der Waals surface area contributed by atoms with Crippen LogP contribution in [0.3, 0.4) is 0 Å². The summed E-state index contributed by atoms with van der Waals surface area (Å²) in [6.45, 7) is 2.99. The number of carbonyl (C=O) groups is 2. The second-order valence-electron chi connectivity index (χ2n) is 4.23. The highest BCUT2D eigenvalue weighted by Gasteiger charge is 2.18. The van der Waals surface area contributed by atoms with Gasteiger partial charge in [-0.25, -0.2) is 14.6 Å². The van der Waals surface area contributed by atoms with E-state index in [1.807, 2.05) is 11.5 Å². The zero-order valence-electron chi connectivity index (χ0n) is 11.0. The van der Waals surface area contributed by atoms with Crippen molar-refractivity contribution in [2.45, 2.75) is 38.8 Å². The zero-order valence-corrected chi connectivity index (χ0v) is 11.0. The zero-order chi connectivity index (χ0) is 14.1. The monoisotopic (exact) mass is 268 g/mol. The Morgan fingerprint density at radius 1 is 1.47 bits per heavy atom. The molecule has 0 bridgehead atoms. The van der Waals surface area contributed by atoms with Gasteiger partial charge < -0.3 is 20.3 Å². The second kappa shape index (κ2) is 8.12. The molecule has 0 aliphatic carbocycles. The number of hydrogen-bond acceptors (Lipinski definition) is 3. The number of hydrogen-bond donors (Lipinski definition) is 3. The Morgan fingerprint density at radius 3 is 2.84 bits per heavy atom. The van der Waals surface area contributed by atoms with Crippen LogP contribution in [0.15, 0.2) is 18.7 Å². The molecule has 0 spiro atoms. The highest BCUT2D eigenvalue weighted by atomic mass is 16.4. The summed E-state index contributed by atoms with van der Waals surface area (Å²) in [5, 5.41) is 14.0. The van der Waals surface area contributed by atoms with Gasteiger partial charge in [-0.05, 0) is 6.42 Å². The van der Waals surface area contributed by atoms with Crippen LogP contribution in [0.25, 0.3) is 0 Å². The molecule has 1 atom stereocenters. The van der Waals surface area contributed by atoms with Crippen molar-refractivity contribution in [2.24, 2.45) is 0 Å². The quantitative estimate of drug-likeness (QED) is 0.650. The Bertz CT molecular complexity index is 392. The third-order valence-electron chi connectivity index (χ3n) is 2.66. The second-order valence-corrected chi connectivity index (χ2v) is 4.23. The number of nitrogens with one attached hydrogen (secondary N) is 2. The summed E-state index contributed by atoms with van der Waals surface area (Å²) in [7, 11) is 0. The normalized spacial score (nSPS) is 11.8. The SMILES string of the molecule is CCCC[C@H](NC(=O)NCCn1ccnc1)C(=O)O. The number of carboxylic acid groups (broad SMARTS) is 1. The summed E-state index contributed by atoms with van der Waals surface area (Å²) in [6.07, 6.45) is 7.22. The van der Waals surface area contributed by atoms with E-state index in [2.05, 4.69) is 15.6 Å². The first-order valence-corrected chi connectivity index (χ1v) is 6.36. The minimum absolute atomic E-state index is 0.419. The molecule has 1 aromatic rings. The number of urea groups is 1. The van der Waals surface area contributed by atoms with Gasteiger partial charge in [0.1, 0.15) is 6.04 Å². The molecule has 0 aliphatic rings. The summed E-state index contributed by atoms with van der Waals surface area (Å²) >= 11 is 0. The van der Waals surface area contributed by atoms with E-state index < -0.39 is 18.0 Å². The Morgan fingerprint density at radius 2 is 2.26 bits per heavy atom. The van der Waals surface area contributed by atoms with Crippen molar-refractivity contribution in [2.75, 3.05) is 6.54 Å². The first kappa shape index (κ1) is 15.0. The lowest BCUT2D eigenvalue weighted by Gasteiger charge is -2.14. The van der Waals surface area contributed by atoms with E-state index in [1.54, 1.807) is 18.7 Å². The Labute approximate surface area is 112 Å². The minimum Gasteiger partial charge on any atom is -0.480 e. The summed E-state index contributed by atoms with van der Waals surface area (Å²) in [5.41, 5.74) is 0. The summed E-state index contributed by atoms with van der Waals surface area (Å²) < 4.78 is 1.83. The molecule has 1 rings (SSSR count). The average Bonchev–Trinajstić information content (AvgIpc) is 2.87. The maximum absolute atomic E-state index is 11.5. The van der Waals surface area contributed by atoms with Gasteiger partial charge in [0.05, 0.1) is 6.33 Å². The first-order valence-electron chi connectivity index (χ1n) is 6.36. The predicted molar refractivity (Wildman–Crippen MR) is 69.7 cm³/mol. The third kappa shape index (κ3) is 5.89. The van der Waals surface area contributed by atoms with Gasteiger partial charge in [0.25, 0.3) is 0 Å². The van der Waals surface area contributed by atoms with Crippen LogP contribution in [-0.4, -0.2) is 39.2 Å². The van der Waals surface area contributed by atoms with E-state index >= 15 is 0 Å². The fourth-order valence-corrected chi connectivity index (χ4v) is 1.59. The molecule has 1 heterocycles. The van der Waals surface area contributed by atoms with Gasteiger partial charge in [-0.15, -0.1) is 0 Å². The molecule has 1 aromatic heterocycles. The fourth-order valence-electron chi connectivity index (χ4n) is 1.59. The molecule has 2 amide bonds. The molecule has 7 heteroatoms. The van der Waals surface area contributed by atoms with Crippen molar-refractivity contribution in [1.82, 2.24) is 20.2 Å². The van der Waals surface area contributed by atoms with Crippen molar-refractivity contribution in [3.8, 4) is 0 Å². The van der Waals surface area contributed by atoms with Crippen molar-refractivity contribution in [3.63, 3.8) is 0 Å². The largest absolute Gasteiger partial charge is 0.480 e. The number of rotatable bonds is 8. The molecule has 0 saturated carbocycles. The maximum Gasteiger partial charge on any atom is 0.326 e. The Kier molecular flexibility index (Phi) is 6.42. The maximum atomic E-state index is 11.5. The van der Waals surface area contributed by atoms with Crippen molar-refractivity contribution >= 4 is 12.0 Å². The van der Waals surface area contributed by atoms with Gasteiger partial charge in [0, 0.05) is 25.5 Å². The summed E-state index contributed by atoms with van der Waals surface area (Å²) in [4.78, 5) is 26.4. The Hall–Kier alpha value is -2.05. The molecular formula is C12H20N4O3. The summed E-state index contributed by atoms with van der Waals surface area (Å²) in [5.74, 6) is -1.00. The molecular weight excluding hydrogens is 248 g/mol. The molecule has 0 unspecified atom stereocenters. The van der Waals surface area contributed by atoms with Crippen LogP contribution in [0.1, 0.15) is 26.2 Å². The topological polar surface area (TPSA) is 96.3 Å². The first-order chi connectivity index (χ1) is 9.13. The van der Waals surface area contributed by atoms with Gasteiger partial charge in [-0.2, -0.15) is 0 Å². The van der Waals surface area contributed by atoms with Gasteiger partial charge in [0.15, 0.2) is 0 Å². The van der Waals surface area contributed by atoms with E-state index in [9.17, 15) is 9.59 Å². The highest BCUT2D eigenvalue weighted by molar-refractivity contribution is 5.82. The smallest absolute Gasteiger partial charge is 0.326 e. The van der Waals surface area contributed by atoms with Crippen LogP contribution < -0.4 is 10.6 Å². The lowest BCUT2D eigenvalue weighted by Crippen LogP contribution is -2.46. The average molecular weight is 268 g/mol. The van der Waals surface area contributed by atoms with Crippen LogP contribution in [0, 0.1) is 0 Å². The van der Waals surface area contributed by atoms with Gasteiger partial charge >= 0.3 is 12.0 Å². The lowest BCUT2D eigenvalue weighted by atomic mass is 10.1. The van der Waals surface area contributed by atoms with E-state index in [0.29, 0.717) is 19.5 Å². The van der Waals surface area contributed by atoms with Gasteiger partial charge in [0.2, 0.25) is 0 Å². The molecule has 3 N–H and O–H groups in total. The number of aromatic nitrogens is 2. The Balaban J connectivity index is 2.25. The third-order valence-corrected chi connectivity index (χ3v) is 2.66. The minimum atomic E-state index is -1.00. The number of nitrogens with zero attached hydrogens (tertiary/aromatic N) is 2. The highest BCUT2D eigenvalue weighted by Crippen LogP contribution is 2.00. The number of aliphatic carboxylic acids is 1. The predicted octanol–water partition coefficient (Wildman–Crippen LogP) is 0.826. The number of unbranched alkanes of at least 4 members (excludes halogenated alkanes) is 1. The number of carbonyl (C=O) groups excluding carboxylic acids is 1. The van der Waals surface area contributed by atoms with Gasteiger partial charge in [-0.1, -0.05) is 19.8 Å². The number of amides is 2. The molecule has 0 aliphatic heterocycles. The standard InChI is InChI=1S/C12H20N4O3/c1-2-3-4-10(11(17)18)15-12(19)14-6-8-16-7-5-13-9-16/h5,7,9-10H,2-4,6,8H2,1H3,(H,17,18)(H2,14,15,19)/t10-/m0/s1. The molecule has 0 aromatic carbocycles. The number of carboxylic acids is 1. The van der Waals surface area contributed by atoms with Crippen molar-refractivity contribution < 1.29 is 14.7 Å². The van der Waals surface area contributed by atoms with E-state index in [-0.39, 0.29) is 0 Å². The molecule has 7 nitrogen and oxygen atoms in total. The molecule has 0 saturated heterocycles.